The summed E-state index contributed by atoms with van der Waals surface area (Å²) in [5.41, 5.74) is 0.997. The summed E-state index contributed by atoms with van der Waals surface area (Å²) >= 11 is 0. The van der Waals surface area contributed by atoms with E-state index in [1.54, 1.807) is 12.1 Å². The minimum absolute atomic E-state index is 0. The lowest BCUT2D eigenvalue weighted by molar-refractivity contribution is 0.00272. The molecule has 0 radical (unpaired) electrons. The van der Waals surface area contributed by atoms with Gasteiger partial charge < -0.3 is 20.5 Å². The van der Waals surface area contributed by atoms with Crippen LogP contribution in [0.1, 0.15) is 39.2 Å². The van der Waals surface area contributed by atoms with Crippen molar-refractivity contribution in [2.75, 3.05) is 39.4 Å². The summed E-state index contributed by atoms with van der Waals surface area (Å²) < 4.78 is 5.54. The van der Waals surface area contributed by atoms with Crippen molar-refractivity contribution in [1.82, 2.24) is 15.5 Å². The maximum absolute atomic E-state index is 9.62. The number of nitrogens with one attached hydrogen (secondary N) is 2. The Labute approximate surface area is 187 Å². The third-order valence-electron chi connectivity index (χ3n) is 5.26. The van der Waals surface area contributed by atoms with E-state index in [2.05, 4.69) is 36.3 Å². The largest absolute Gasteiger partial charge is 0.508 e. The van der Waals surface area contributed by atoms with E-state index in [1.807, 2.05) is 12.1 Å². The lowest BCUT2D eigenvalue weighted by Gasteiger charge is -2.39. The van der Waals surface area contributed by atoms with Gasteiger partial charge in [0.2, 0.25) is 0 Å². The second-order valence-corrected chi connectivity index (χ2v) is 7.04. The molecular formula is C21H37IN4O2. The smallest absolute Gasteiger partial charge is 0.191 e. The molecule has 1 aromatic rings. The van der Waals surface area contributed by atoms with E-state index >= 15 is 0 Å². The number of nitrogens with zero attached hydrogens (tertiary/aromatic N) is 2. The molecule has 1 unspecified atom stereocenters. The van der Waals surface area contributed by atoms with E-state index in [0.29, 0.717) is 18.5 Å². The van der Waals surface area contributed by atoms with Gasteiger partial charge in [-0.1, -0.05) is 38.8 Å². The fraction of sp³-hybridized carbons (Fsp3) is 0.667. The van der Waals surface area contributed by atoms with Crippen molar-refractivity contribution < 1.29 is 9.84 Å². The molecule has 1 atom stereocenters. The van der Waals surface area contributed by atoms with E-state index in [0.717, 1.165) is 50.9 Å². The minimum Gasteiger partial charge on any atom is -0.508 e. The molecule has 3 N–H and O–H groups in total. The number of morpholine rings is 1. The first-order valence-electron chi connectivity index (χ1n) is 10.3. The van der Waals surface area contributed by atoms with E-state index in [-0.39, 0.29) is 29.7 Å². The van der Waals surface area contributed by atoms with Crippen LogP contribution in [0.4, 0.5) is 0 Å². The van der Waals surface area contributed by atoms with Gasteiger partial charge in [0, 0.05) is 32.2 Å². The highest BCUT2D eigenvalue weighted by Gasteiger charge is 2.26. The minimum atomic E-state index is 0. The number of aliphatic imine (C=N–C) groups is 1. The zero-order valence-electron chi connectivity index (χ0n) is 17.5. The summed E-state index contributed by atoms with van der Waals surface area (Å²) in [6, 6.07) is 7.75. The highest BCUT2D eigenvalue weighted by atomic mass is 127. The van der Waals surface area contributed by atoms with E-state index < -0.39 is 0 Å². The average Bonchev–Trinajstić information content (AvgIpc) is 2.70. The predicted octanol–water partition coefficient (Wildman–Crippen LogP) is 3.20. The molecule has 1 fully saturated rings. The van der Waals surface area contributed by atoms with Gasteiger partial charge in [-0.05, 0) is 30.5 Å². The summed E-state index contributed by atoms with van der Waals surface area (Å²) in [5, 5.41) is 16.5. The molecular weight excluding hydrogens is 467 g/mol. The number of phenols is 1. The molecule has 0 spiro atoms. The van der Waals surface area contributed by atoms with Crippen LogP contribution in [-0.4, -0.2) is 61.4 Å². The Morgan fingerprint density at radius 1 is 1.18 bits per heavy atom. The van der Waals surface area contributed by atoms with Crippen molar-refractivity contribution in [1.29, 1.82) is 0 Å². The fourth-order valence-electron chi connectivity index (χ4n) is 3.70. The Kier molecular flexibility index (Phi) is 12.5. The Morgan fingerprint density at radius 2 is 1.89 bits per heavy atom. The number of halogens is 1. The molecule has 1 aromatic carbocycles. The molecule has 2 rings (SSSR count). The van der Waals surface area contributed by atoms with Crippen LogP contribution in [0.2, 0.25) is 0 Å². The number of ether oxygens (including phenoxy) is 1. The molecule has 0 saturated carbocycles. The highest BCUT2D eigenvalue weighted by molar-refractivity contribution is 14.0. The second kappa shape index (κ2) is 14.0. The lowest BCUT2D eigenvalue weighted by Crippen LogP contribution is -2.53. The topological polar surface area (TPSA) is 69.1 Å². The van der Waals surface area contributed by atoms with E-state index in [1.165, 1.54) is 12.8 Å². The van der Waals surface area contributed by atoms with Crippen LogP contribution in [0.3, 0.4) is 0 Å². The van der Waals surface area contributed by atoms with Crippen LogP contribution in [0.5, 0.6) is 5.75 Å². The number of phenolic OH excluding ortho intramolecular Hbond substituents is 1. The number of aromatic hydroxyl groups is 1. The first-order chi connectivity index (χ1) is 13.2. The average molecular weight is 504 g/mol. The van der Waals surface area contributed by atoms with Crippen molar-refractivity contribution in [2.45, 2.75) is 46.2 Å². The van der Waals surface area contributed by atoms with Crippen molar-refractivity contribution in [3.63, 3.8) is 0 Å². The molecule has 0 amide bonds. The van der Waals surface area contributed by atoms with Crippen LogP contribution < -0.4 is 10.6 Å². The molecule has 0 bridgehead atoms. The number of benzene rings is 1. The zero-order valence-corrected chi connectivity index (χ0v) is 19.8. The first-order valence-corrected chi connectivity index (χ1v) is 10.3. The van der Waals surface area contributed by atoms with Gasteiger partial charge >= 0.3 is 0 Å². The quantitative estimate of drug-likeness (QED) is 0.274. The first kappa shape index (κ1) is 25.0. The van der Waals surface area contributed by atoms with Crippen LogP contribution in [0.25, 0.3) is 0 Å². The van der Waals surface area contributed by atoms with Crippen molar-refractivity contribution in [3.8, 4) is 5.75 Å². The standard InChI is InChI=1S/C21H36N4O2.HI/c1-4-18(5-2)20(25-10-12-27-13-11-25)16-24-21(22-6-3)23-15-17-8-7-9-19(26)14-17;/h7-9,14,18,20,26H,4-6,10-13,15-16H2,1-3H3,(H2,22,23,24);1H. The zero-order chi connectivity index (χ0) is 19.5. The predicted molar refractivity (Wildman–Crippen MR) is 127 cm³/mol. The van der Waals surface area contributed by atoms with E-state index in [9.17, 15) is 5.11 Å². The van der Waals surface area contributed by atoms with Crippen LogP contribution in [-0.2, 0) is 11.3 Å². The maximum Gasteiger partial charge on any atom is 0.191 e. The summed E-state index contributed by atoms with van der Waals surface area (Å²) in [5.74, 6) is 1.76. The van der Waals surface area contributed by atoms with E-state index in [4.69, 9.17) is 9.73 Å². The van der Waals surface area contributed by atoms with Crippen LogP contribution >= 0.6 is 24.0 Å². The molecule has 1 saturated heterocycles. The number of guanidine groups is 1. The summed E-state index contributed by atoms with van der Waals surface area (Å²) in [6.07, 6.45) is 2.36. The molecule has 0 aromatic heterocycles. The van der Waals surface area contributed by atoms with Crippen LogP contribution in [0, 0.1) is 5.92 Å². The fourth-order valence-corrected chi connectivity index (χ4v) is 3.70. The third-order valence-corrected chi connectivity index (χ3v) is 5.26. The third kappa shape index (κ3) is 8.13. The Hall–Kier alpha value is -1.06. The van der Waals surface area contributed by atoms with Crippen molar-refractivity contribution in [2.24, 2.45) is 10.9 Å². The molecule has 7 heteroatoms. The van der Waals surface area contributed by atoms with Gasteiger partial charge in [0.15, 0.2) is 5.96 Å². The highest BCUT2D eigenvalue weighted by Crippen LogP contribution is 2.19. The number of hydrogen-bond acceptors (Lipinski definition) is 4. The van der Waals surface area contributed by atoms with Gasteiger partial charge in [-0.2, -0.15) is 0 Å². The van der Waals surface area contributed by atoms with Gasteiger partial charge in [-0.25, -0.2) is 4.99 Å². The second-order valence-electron chi connectivity index (χ2n) is 7.04. The Morgan fingerprint density at radius 3 is 2.50 bits per heavy atom. The number of rotatable bonds is 9. The normalized spacial score (nSPS) is 16.5. The summed E-state index contributed by atoms with van der Waals surface area (Å²) in [4.78, 5) is 7.26. The molecule has 1 aliphatic rings. The van der Waals surface area contributed by atoms with Crippen molar-refractivity contribution in [3.05, 3.63) is 29.8 Å². The molecule has 0 aliphatic carbocycles. The molecule has 6 nitrogen and oxygen atoms in total. The molecule has 1 aliphatic heterocycles. The van der Waals surface area contributed by atoms with Gasteiger partial charge in [-0.3, -0.25) is 4.90 Å². The monoisotopic (exact) mass is 504 g/mol. The SMILES string of the molecule is CCNC(=NCc1cccc(O)c1)NCC(C(CC)CC)N1CCOCC1.I. The van der Waals surface area contributed by atoms with Gasteiger partial charge in [0.05, 0.1) is 19.8 Å². The number of hydrogen-bond donors (Lipinski definition) is 3. The lowest BCUT2D eigenvalue weighted by atomic mass is 9.92. The van der Waals surface area contributed by atoms with Gasteiger partial charge in [0.1, 0.15) is 5.75 Å². The van der Waals surface area contributed by atoms with Gasteiger partial charge in [0.25, 0.3) is 0 Å². The maximum atomic E-state index is 9.62. The van der Waals surface area contributed by atoms with Crippen LogP contribution in [0.15, 0.2) is 29.3 Å². The van der Waals surface area contributed by atoms with Crippen molar-refractivity contribution >= 4 is 29.9 Å². The Bertz CT molecular complexity index is 575. The Balaban J connectivity index is 0.00000392. The molecule has 1 heterocycles. The van der Waals surface area contributed by atoms with Gasteiger partial charge in [-0.15, -0.1) is 24.0 Å². The summed E-state index contributed by atoms with van der Waals surface area (Å²) in [7, 11) is 0. The molecule has 28 heavy (non-hydrogen) atoms. The molecule has 160 valence electrons. The summed E-state index contributed by atoms with van der Waals surface area (Å²) in [6.45, 7) is 12.5.